The zero-order chi connectivity index (χ0) is 13.9. The fourth-order valence-corrected chi connectivity index (χ4v) is 5.94. The van der Waals surface area contributed by atoms with E-state index in [9.17, 15) is 0 Å². The summed E-state index contributed by atoms with van der Waals surface area (Å²) < 4.78 is 0. The lowest BCUT2D eigenvalue weighted by Gasteiger charge is -2.39. The summed E-state index contributed by atoms with van der Waals surface area (Å²) in [6.45, 7) is 5.89. The smallest absolute Gasteiger partial charge is 0.0101 e. The topological polar surface area (TPSA) is 12.0 Å². The molecule has 116 valence electrons. The highest BCUT2D eigenvalue weighted by Gasteiger charge is 2.41. The Bertz CT molecular complexity index is 300. The molecule has 3 rings (SSSR count). The van der Waals surface area contributed by atoms with E-state index >= 15 is 0 Å². The molecule has 20 heavy (non-hydrogen) atoms. The van der Waals surface area contributed by atoms with Crippen LogP contribution >= 0.6 is 0 Å². The van der Waals surface area contributed by atoms with Crippen molar-refractivity contribution in [2.75, 3.05) is 6.54 Å². The number of hydrogen-bond acceptors (Lipinski definition) is 1. The Labute approximate surface area is 126 Å². The standard InChI is InChI=1S/C19H35N/c1-3-15-7-5-6-8-18(15)19(20-4-2)13-17-12-14-9-10-16(17)11-14/h14-20H,3-13H2,1-2H3. The van der Waals surface area contributed by atoms with Gasteiger partial charge in [-0.1, -0.05) is 46.0 Å². The van der Waals surface area contributed by atoms with E-state index in [0.717, 1.165) is 35.6 Å². The minimum Gasteiger partial charge on any atom is -0.314 e. The fraction of sp³-hybridized carbons (Fsp3) is 1.00. The highest BCUT2D eigenvalue weighted by atomic mass is 14.9. The summed E-state index contributed by atoms with van der Waals surface area (Å²) in [4.78, 5) is 0. The van der Waals surface area contributed by atoms with E-state index in [0.29, 0.717) is 0 Å². The predicted molar refractivity (Wildman–Crippen MR) is 86.8 cm³/mol. The molecule has 3 saturated carbocycles. The molecule has 0 spiro atoms. The van der Waals surface area contributed by atoms with Crippen molar-refractivity contribution in [1.29, 1.82) is 0 Å². The highest BCUT2D eigenvalue weighted by molar-refractivity contribution is 4.94. The van der Waals surface area contributed by atoms with Gasteiger partial charge in [-0.05, 0) is 68.2 Å². The summed E-state index contributed by atoms with van der Waals surface area (Å²) in [6.07, 6.45) is 15.1. The monoisotopic (exact) mass is 277 g/mol. The van der Waals surface area contributed by atoms with Crippen LogP contribution in [-0.2, 0) is 0 Å². The molecule has 0 aliphatic heterocycles. The maximum Gasteiger partial charge on any atom is 0.0101 e. The molecule has 1 nitrogen and oxygen atoms in total. The molecule has 3 fully saturated rings. The molecule has 0 aromatic carbocycles. The molecule has 0 aromatic heterocycles. The van der Waals surface area contributed by atoms with Crippen molar-refractivity contribution in [3.63, 3.8) is 0 Å². The molecular formula is C19H35N. The predicted octanol–water partition coefficient (Wildman–Crippen LogP) is 5.01. The zero-order valence-electron chi connectivity index (χ0n) is 13.7. The molecule has 2 bridgehead atoms. The van der Waals surface area contributed by atoms with Crippen LogP contribution in [0.15, 0.2) is 0 Å². The third kappa shape index (κ3) is 3.08. The van der Waals surface area contributed by atoms with Crippen LogP contribution in [0.5, 0.6) is 0 Å². The van der Waals surface area contributed by atoms with Gasteiger partial charge >= 0.3 is 0 Å². The summed E-state index contributed by atoms with van der Waals surface area (Å²) in [7, 11) is 0. The molecule has 1 heteroatoms. The lowest BCUT2D eigenvalue weighted by Crippen LogP contribution is -2.42. The summed E-state index contributed by atoms with van der Waals surface area (Å²) >= 11 is 0. The molecule has 0 aromatic rings. The Hall–Kier alpha value is -0.0400. The van der Waals surface area contributed by atoms with Crippen LogP contribution in [0.25, 0.3) is 0 Å². The van der Waals surface area contributed by atoms with E-state index in [2.05, 4.69) is 19.2 Å². The Balaban J connectivity index is 1.62. The average molecular weight is 277 g/mol. The van der Waals surface area contributed by atoms with Gasteiger partial charge in [-0.25, -0.2) is 0 Å². The van der Waals surface area contributed by atoms with Gasteiger partial charge in [0.2, 0.25) is 0 Å². The SMILES string of the molecule is CCNC(CC1CC2CCC1C2)C1CCCCC1CC. The number of nitrogens with one attached hydrogen (secondary N) is 1. The summed E-state index contributed by atoms with van der Waals surface area (Å²) in [5.74, 6) is 5.27. The van der Waals surface area contributed by atoms with E-state index in [1.807, 2.05) is 0 Å². The first-order valence-corrected chi connectivity index (χ1v) is 9.55. The van der Waals surface area contributed by atoms with Crippen LogP contribution in [0.2, 0.25) is 0 Å². The Morgan fingerprint density at radius 2 is 1.80 bits per heavy atom. The van der Waals surface area contributed by atoms with E-state index in [-0.39, 0.29) is 0 Å². The van der Waals surface area contributed by atoms with Crippen molar-refractivity contribution in [3.05, 3.63) is 0 Å². The summed E-state index contributed by atoms with van der Waals surface area (Å²) in [5.41, 5.74) is 0. The van der Waals surface area contributed by atoms with Crippen LogP contribution in [0.1, 0.15) is 78.1 Å². The lowest BCUT2D eigenvalue weighted by molar-refractivity contribution is 0.145. The maximum atomic E-state index is 3.90. The van der Waals surface area contributed by atoms with E-state index in [1.54, 1.807) is 25.7 Å². The van der Waals surface area contributed by atoms with Gasteiger partial charge in [0.15, 0.2) is 0 Å². The minimum atomic E-state index is 0.828. The zero-order valence-corrected chi connectivity index (χ0v) is 13.7. The number of fused-ring (bicyclic) bond motifs is 2. The maximum absolute atomic E-state index is 3.90. The summed E-state index contributed by atoms with van der Waals surface area (Å²) in [5, 5.41) is 3.90. The molecular weight excluding hydrogens is 242 g/mol. The number of hydrogen-bond donors (Lipinski definition) is 1. The van der Waals surface area contributed by atoms with Crippen LogP contribution in [0, 0.1) is 29.6 Å². The minimum absolute atomic E-state index is 0.828. The third-order valence-electron chi connectivity index (χ3n) is 6.92. The molecule has 3 aliphatic carbocycles. The highest BCUT2D eigenvalue weighted by Crippen LogP contribution is 2.50. The van der Waals surface area contributed by atoms with Crippen LogP contribution in [-0.4, -0.2) is 12.6 Å². The van der Waals surface area contributed by atoms with Gasteiger partial charge in [0.25, 0.3) is 0 Å². The molecule has 0 radical (unpaired) electrons. The normalized spacial score (nSPS) is 42.0. The van der Waals surface area contributed by atoms with E-state index < -0.39 is 0 Å². The fourth-order valence-electron chi connectivity index (χ4n) is 5.94. The molecule has 6 unspecified atom stereocenters. The Morgan fingerprint density at radius 1 is 0.950 bits per heavy atom. The molecule has 3 aliphatic rings. The van der Waals surface area contributed by atoms with E-state index in [4.69, 9.17) is 0 Å². The second kappa shape index (κ2) is 6.81. The largest absolute Gasteiger partial charge is 0.314 e. The van der Waals surface area contributed by atoms with Gasteiger partial charge in [-0.3, -0.25) is 0 Å². The second-order valence-electron chi connectivity index (χ2n) is 7.95. The van der Waals surface area contributed by atoms with Crippen molar-refractivity contribution < 1.29 is 0 Å². The van der Waals surface area contributed by atoms with Crippen molar-refractivity contribution in [2.24, 2.45) is 29.6 Å². The first-order valence-electron chi connectivity index (χ1n) is 9.55. The van der Waals surface area contributed by atoms with Gasteiger partial charge in [0.05, 0.1) is 0 Å². The van der Waals surface area contributed by atoms with E-state index in [1.165, 1.54) is 45.1 Å². The molecule has 0 amide bonds. The number of rotatable bonds is 6. The first-order chi connectivity index (χ1) is 9.81. The molecule has 1 N–H and O–H groups in total. The third-order valence-corrected chi connectivity index (χ3v) is 6.92. The van der Waals surface area contributed by atoms with Gasteiger partial charge in [-0.2, -0.15) is 0 Å². The van der Waals surface area contributed by atoms with Crippen molar-refractivity contribution >= 4 is 0 Å². The second-order valence-corrected chi connectivity index (χ2v) is 7.95. The van der Waals surface area contributed by atoms with Crippen molar-refractivity contribution in [1.82, 2.24) is 5.32 Å². The van der Waals surface area contributed by atoms with Gasteiger partial charge in [-0.15, -0.1) is 0 Å². The molecule has 0 saturated heterocycles. The lowest BCUT2D eigenvalue weighted by atomic mass is 9.71. The van der Waals surface area contributed by atoms with Crippen molar-refractivity contribution in [3.8, 4) is 0 Å². The summed E-state index contributed by atoms with van der Waals surface area (Å²) in [6, 6.07) is 0.828. The van der Waals surface area contributed by atoms with Crippen LogP contribution in [0.4, 0.5) is 0 Å². The Kier molecular flexibility index (Phi) is 5.07. The van der Waals surface area contributed by atoms with Crippen LogP contribution < -0.4 is 5.32 Å². The van der Waals surface area contributed by atoms with Gasteiger partial charge in [0.1, 0.15) is 0 Å². The quantitative estimate of drug-likeness (QED) is 0.720. The average Bonchev–Trinajstić information content (AvgIpc) is 3.09. The van der Waals surface area contributed by atoms with Crippen LogP contribution in [0.3, 0.4) is 0 Å². The molecule has 6 atom stereocenters. The van der Waals surface area contributed by atoms with Gasteiger partial charge < -0.3 is 5.32 Å². The Morgan fingerprint density at radius 3 is 2.45 bits per heavy atom. The van der Waals surface area contributed by atoms with Gasteiger partial charge in [0, 0.05) is 6.04 Å². The first kappa shape index (κ1) is 14.9. The molecule has 0 heterocycles. The van der Waals surface area contributed by atoms with Crippen molar-refractivity contribution in [2.45, 2.75) is 84.1 Å².